The molecule has 3 heterocycles. The van der Waals surface area contributed by atoms with Gasteiger partial charge in [-0.25, -0.2) is 23.5 Å². The number of quaternary nitrogens is 1. The van der Waals surface area contributed by atoms with Crippen molar-refractivity contribution in [3.05, 3.63) is 46.1 Å². The molecule has 0 amide bonds. The van der Waals surface area contributed by atoms with E-state index in [2.05, 4.69) is 5.32 Å². The Morgan fingerprint density at radius 3 is 2.56 bits per heavy atom. The highest BCUT2D eigenvalue weighted by Gasteiger charge is 2.24. The number of aromatic nitrogens is 2. The second kappa shape index (κ2) is 9.05. The Morgan fingerprint density at radius 2 is 1.81 bits per heavy atom. The third kappa shape index (κ3) is 4.66. The summed E-state index contributed by atoms with van der Waals surface area (Å²) in [5.74, 6) is 1.90. The molecule has 3 aromatic rings. The monoisotopic (exact) mass is 472 g/mol. The van der Waals surface area contributed by atoms with E-state index in [1.807, 2.05) is 23.5 Å². The van der Waals surface area contributed by atoms with Gasteiger partial charge in [0.15, 0.2) is 5.82 Å². The lowest BCUT2D eigenvalue weighted by Crippen LogP contribution is -3.11. The number of fused-ring (bicyclic) bond motifs is 3. The maximum Gasteiger partial charge on any atom is 0.238 e. The number of nitrogens with zero attached hydrogens (tertiary/aromatic N) is 2. The smallest absolute Gasteiger partial charge is 0.238 e. The zero-order valence-corrected chi connectivity index (χ0v) is 19.8. The molecule has 0 atom stereocenters. The molecule has 0 unspecified atom stereocenters. The van der Waals surface area contributed by atoms with Gasteiger partial charge in [0.05, 0.1) is 23.4 Å². The molecule has 1 fully saturated rings. The lowest BCUT2D eigenvalue weighted by atomic mass is 10.1. The van der Waals surface area contributed by atoms with Crippen molar-refractivity contribution in [1.29, 1.82) is 0 Å². The third-order valence-electron chi connectivity index (χ3n) is 6.54. The molecule has 1 aromatic carbocycles. The van der Waals surface area contributed by atoms with E-state index in [1.54, 1.807) is 17.0 Å². The van der Waals surface area contributed by atoms with Gasteiger partial charge in [-0.15, -0.1) is 11.3 Å². The normalized spacial score (nSPS) is 17.0. The summed E-state index contributed by atoms with van der Waals surface area (Å²) >= 11 is 1.84. The van der Waals surface area contributed by atoms with Gasteiger partial charge in [0, 0.05) is 11.4 Å². The summed E-state index contributed by atoms with van der Waals surface area (Å²) in [7, 11) is -3.66. The molecule has 32 heavy (non-hydrogen) atoms. The quantitative estimate of drug-likeness (QED) is 0.488. The predicted molar refractivity (Wildman–Crippen MR) is 128 cm³/mol. The summed E-state index contributed by atoms with van der Waals surface area (Å²) in [6.45, 7) is 4.03. The topological polar surface area (TPSA) is 102 Å². The number of thiophene rings is 1. The Morgan fingerprint density at radius 1 is 1.03 bits per heavy atom. The molecule has 7 nitrogen and oxygen atoms in total. The van der Waals surface area contributed by atoms with Crippen LogP contribution in [0.5, 0.6) is 0 Å². The number of rotatable bonds is 7. The van der Waals surface area contributed by atoms with Gasteiger partial charge >= 0.3 is 0 Å². The van der Waals surface area contributed by atoms with Crippen LogP contribution in [0.25, 0.3) is 10.2 Å². The van der Waals surface area contributed by atoms with Crippen molar-refractivity contribution in [1.82, 2.24) is 9.97 Å². The SMILES string of the molecule is NS(=O)(=O)c1ccc(CCNc2nc(C[NH+]3CCCCC3)nc3sc4c(c23)CCC4)cc1. The van der Waals surface area contributed by atoms with Crippen molar-refractivity contribution in [2.75, 3.05) is 25.0 Å². The predicted octanol–water partition coefficient (Wildman–Crippen LogP) is 2.05. The minimum atomic E-state index is -3.66. The van der Waals surface area contributed by atoms with Crippen molar-refractivity contribution < 1.29 is 13.3 Å². The molecular formula is C23H30N5O2S2+. The Bertz CT molecular complexity index is 1220. The van der Waals surface area contributed by atoms with Gasteiger partial charge in [-0.05, 0) is 68.2 Å². The van der Waals surface area contributed by atoms with E-state index in [-0.39, 0.29) is 4.90 Å². The van der Waals surface area contributed by atoms with Crippen LogP contribution in [0, 0.1) is 0 Å². The number of nitrogens with one attached hydrogen (secondary N) is 2. The van der Waals surface area contributed by atoms with E-state index in [0.29, 0.717) is 0 Å². The molecule has 0 saturated carbocycles. The lowest BCUT2D eigenvalue weighted by Gasteiger charge is -2.23. The number of sulfonamides is 1. The van der Waals surface area contributed by atoms with E-state index >= 15 is 0 Å². The van der Waals surface area contributed by atoms with E-state index in [0.717, 1.165) is 54.4 Å². The summed E-state index contributed by atoms with van der Waals surface area (Å²) in [6.07, 6.45) is 8.17. The Hall–Kier alpha value is -2.07. The first-order valence-electron chi connectivity index (χ1n) is 11.5. The maximum atomic E-state index is 11.5. The third-order valence-corrected chi connectivity index (χ3v) is 8.65. The van der Waals surface area contributed by atoms with Crippen molar-refractivity contribution in [3.63, 3.8) is 0 Å². The number of aryl methyl sites for hydroxylation is 2. The first kappa shape index (κ1) is 21.8. The number of primary sulfonamides is 1. The van der Waals surface area contributed by atoms with Gasteiger partial charge in [0.25, 0.3) is 0 Å². The van der Waals surface area contributed by atoms with Gasteiger partial charge in [-0.2, -0.15) is 0 Å². The summed E-state index contributed by atoms with van der Waals surface area (Å²) in [4.78, 5) is 14.3. The molecule has 1 aliphatic carbocycles. The standard InChI is InChI=1S/C23H29N5O2S2/c24-32(29,30)17-9-7-16(8-10-17)11-12-25-22-21-18-5-4-6-19(18)31-23(21)27-20(26-22)15-28-13-2-1-3-14-28/h7-10H,1-6,11-15H2,(H2,24,29,30)(H,25,26,27)/p+1. The van der Waals surface area contributed by atoms with Crippen LogP contribution in [0.3, 0.4) is 0 Å². The molecule has 170 valence electrons. The molecule has 5 rings (SSSR count). The zero-order valence-electron chi connectivity index (χ0n) is 18.2. The summed E-state index contributed by atoms with van der Waals surface area (Å²) in [6, 6.07) is 6.78. The summed E-state index contributed by atoms with van der Waals surface area (Å²) < 4.78 is 22.9. The second-order valence-electron chi connectivity index (χ2n) is 8.88. The first-order valence-corrected chi connectivity index (χ1v) is 13.8. The van der Waals surface area contributed by atoms with Crippen molar-refractivity contribution in [2.45, 2.75) is 56.4 Å². The number of hydrogen-bond donors (Lipinski definition) is 3. The first-order chi connectivity index (χ1) is 15.5. The molecule has 1 aliphatic heterocycles. The Labute approximate surface area is 193 Å². The van der Waals surface area contributed by atoms with Crippen molar-refractivity contribution >= 4 is 37.4 Å². The van der Waals surface area contributed by atoms with E-state index in [1.165, 1.54) is 54.6 Å². The molecule has 9 heteroatoms. The largest absolute Gasteiger partial charge is 0.369 e. The molecule has 0 bridgehead atoms. The van der Waals surface area contributed by atoms with Gasteiger partial charge in [-0.3, -0.25) is 0 Å². The molecular weight excluding hydrogens is 442 g/mol. The van der Waals surface area contributed by atoms with Gasteiger partial charge in [0.2, 0.25) is 10.0 Å². The average molecular weight is 473 g/mol. The fraction of sp³-hybridized carbons (Fsp3) is 0.478. The molecule has 4 N–H and O–H groups in total. The van der Waals surface area contributed by atoms with E-state index in [9.17, 15) is 8.42 Å². The number of nitrogens with two attached hydrogens (primary N) is 1. The highest BCUT2D eigenvalue weighted by atomic mass is 32.2. The minimum absolute atomic E-state index is 0.144. The van der Waals surface area contributed by atoms with Crippen LogP contribution in [0.15, 0.2) is 29.2 Å². The Balaban J connectivity index is 1.35. The van der Waals surface area contributed by atoms with Gasteiger partial charge in [0.1, 0.15) is 17.2 Å². The van der Waals surface area contributed by atoms with E-state index < -0.39 is 10.0 Å². The molecule has 0 radical (unpaired) electrons. The van der Waals surface area contributed by atoms with Crippen LogP contribution in [-0.2, 0) is 35.8 Å². The van der Waals surface area contributed by atoms with Gasteiger partial charge in [-0.1, -0.05) is 12.1 Å². The summed E-state index contributed by atoms with van der Waals surface area (Å²) in [5, 5.41) is 9.99. The van der Waals surface area contributed by atoms with E-state index in [4.69, 9.17) is 15.1 Å². The number of likely N-dealkylation sites (tertiary alicyclic amines) is 1. The van der Waals surface area contributed by atoms with Crippen LogP contribution < -0.4 is 15.4 Å². The Kier molecular flexibility index (Phi) is 6.16. The van der Waals surface area contributed by atoms with Crippen LogP contribution in [0.2, 0.25) is 0 Å². The number of hydrogen-bond acceptors (Lipinski definition) is 6. The van der Waals surface area contributed by atoms with Crippen LogP contribution >= 0.6 is 11.3 Å². The van der Waals surface area contributed by atoms with Crippen LogP contribution in [-0.4, -0.2) is 38.0 Å². The zero-order chi connectivity index (χ0) is 22.1. The second-order valence-corrected chi connectivity index (χ2v) is 11.5. The minimum Gasteiger partial charge on any atom is -0.369 e. The summed E-state index contributed by atoms with van der Waals surface area (Å²) in [5.41, 5.74) is 2.49. The molecule has 1 saturated heterocycles. The fourth-order valence-corrected chi connectivity index (χ4v) is 6.67. The van der Waals surface area contributed by atoms with Crippen molar-refractivity contribution in [3.8, 4) is 0 Å². The highest BCUT2D eigenvalue weighted by Crippen LogP contribution is 2.39. The fourth-order valence-electron chi connectivity index (χ4n) is 4.87. The number of benzene rings is 1. The maximum absolute atomic E-state index is 11.5. The lowest BCUT2D eigenvalue weighted by molar-refractivity contribution is -0.919. The average Bonchev–Trinajstić information content (AvgIpc) is 3.35. The molecule has 2 aliphatic rings. The van der Waals surface area contributed by atoms with Gasteiger partial charge < -0.3 is 10.2 Å². The molecule has 2 aromatic heterocycles. The van der Waals surface area contributed by atoms with Crippen molar-refractivity contribution in [2.24, 2.45) is 5.14 Å². The number of anilines is 1. The van der Waals surface area contributed by atoms with Crippen LogP contribution in [0.1, 0.15) is 47.5 Å². The number of piperidine rings is 1. The molecule has 0 spiro atoms. The highest BCUT2D eigenvalue weighted by molar-refractivity contribution is 7.89. The van der Waals surface area contributed by atoms with Crippen LogP contribution in [0.4, 0.5) is 5.82 Å².